The zero-order chi connectivity index (χ0) is 19.2. The van der Waals surface area contributed by atoms with Gasteiger partial charge in [0.15, 0.2) is 0 Å². The molecule has 6 nitrogen and oxygen atoms in total. The average molecular weight is 379 g/mol. The number of carbonyl (C=O) groups is 3. The van der Waals surface area contributed by atoms with Gasteiger partial charge >= 0.3 is 5.97 Å². The lowest BCUT2D eigenvalue weighted by atomic mass is 10.1. The fourth-order valence-electron chi connectivity index (χ4n) is 2.70. The summed E-state index contributed by atoms with van der Waals surface area (Å²) in [6.07, 6.45) is 6.58. The number of benzene rings is 1. The number of aliphatic carboxylic acids is 1. The molecule has 0 saturated carbocycles. The third kappa shape index (κ3) is 4.65. The van der Waals surface area contributed by atoms with Gasteiger partial charge in [0.05, 0.1) is 11.1 Å². The highest BCUT2D eigenvalue weighted by atomic mass is 32.2. The van der Waals surface area contributed by atoms with Crippen molar-refractivity contribution in [2.24, 2.45) is 0 Å². The molecule has 26 heavy (non-hydrogen) atoms. The highest BCUT2D eigenvalue weighted by molar-refractivity contribution is 8.01. The SMILES string of the molecule is CCCCCCCCSC(C)(ON1C(=O)c2ccccc2C1=O)C(=O)O. The molecule has 2 rings (SSSR count). The van der Waals surface area contributed by atoms with Gasteiger partial charge in [0.25, 0.3) is 11.8 Å². The van der Waals surface area contributed by atoms with E-state index in [0.29, 0.717) is 10.8 Å². The van der Waals surface area contributed by atoms with Gasteiger partial charge in [-0.2, -0.15) is 0 Å². The molecular weight excluding hydrogens is 354 g/mol. The van der Waals surface area contributed by atoms with Gasteiger partial charge in [-0.1, -0.05) is 51.2 Å². The van der Waals surface area contributed by atoms with Gasteiger partial charge in [-0.3, -0.25) is 9.59 Å². The second-order valence-electron chi connectivity index (χ2n) is 6.41. The average Bonchev–Trinajstić information content (AvgIpc) is 2.86. The Bertz CT molecular complexity index is 643. The van der Waals surface area contributed by atoms with Crippen molar-refractivity contribution in [3.63, 3.8) is 0 Å². The summed E-state index contributed by atoms with van der Waals surface area (Å²) in [4.78, 5) is 40.1. The molecule has 0 spiro atoms. The van der Waals surface area contributed by atoms with E-state index in [1.54, 1.807) is 12.1 Å². The van der Waals surface area contributed by atoms with Crippen LogP contribution in [-0.2, 0) is 9.63 Å². The third-order valence-corrected chi connectivity index (χ3v) is 5.58. The standard InChI is InChI=1S/C19H25NO5S/c1-3-4-5-6-7-10-13-26-19(2,18(23)24)25-20-16(21)14-11-8-9-12-15(14)17(20)22/h8-9,11-12H,3-7,10,13H2,1-2H3,(H,23,24). The summed E-state index contributed by atoms with van der Waals surface area (Å²) in [7, 11) is 0. The van der Waals surface area contributed by atoms with Gasteiger partial charge < -0.3 is 5.11 Å². The van der Waals surface area contributed by atoms with E-state index in [1.165, 1.54) is 38.3 Å². The number of fused-ring (bicyclic) bond motifs is 1. The van der Waals surface area contributed by atoms with Crippen LogP contribution in [0.1, 0.15) is 73.1 Å². The predicted molar refractivity (Wildman–Crippen MR) is 99.9 cm³/mol. The van der Waals surface area contributed by atoms with Crippen LogP contribution in [0, 0.1) is 0 Å². The van der Waals surface area contributed by atoms with Crippen LogP contribution in [0.15, 0.2) is 24.3 Å². The maximum atomic E-state index is 12.4. The van der Waals surface area contributed by atoms with E-state index >= 15 is 0 Å². The smallest absolute Gasteiger partial charge is 0.349 e. The summed E-state index contributed by atoms with van der Waals surface area (Å²) >= 11 is 1.10. The maximum absolute atomic E-state index is 12.4. The monoisotopic (exact) mass is 379 g/mol. The Morgan fingerprint density at radius 1 is 1.08 bits per heavy atom. The van der Waals surface area contributed by atoms with E-state index in [9.17, 15) is 19.5 Å². The number of hydrogen-bond donors (Lipinski definition) is 1. The number of hydroxylamine groups is 2. The zero-order valence-electron chi connectivity index (χ0n) is 15.2. The molecule has 0 aromatic heterocycles. The van der Waals surface area contributed by atoms with Crippen molar-refractivity contribution in [1.82, 2.24) is 5.06 Å². The lowest BCUT2D eigenvalue weighted by molar-refractivity contribution is -0.179. The number of hydrogen-bond acceptors (Lipinski definition) is 5. The van der Waals surface area contributed by atoms with Crippen LogP contribution >= 0.6 is 11.8 Å². The minimum atomic E-state index is -1.70. The van der Waals surface area contributed by atoms with Crippen molar-refractivity contribution >= 4 is 29.5 Å². The predicted octanol–water partition coefficient (Wildman–Crippen LogP) is 4.11. The third-order valence-electron chi connectivity index (χ3n) is 4.29. The molecule has 2 amide bonds. The molecule has 1 aromatic rings. The van der Waals surface area contributed by atoms with Crippen molar-refractivity contribution < 1.29 is 24.3 Å². The van der Waals surface area contributed by atoms with Gasteiger partial charge in [-0.05, 0) is 31.2 Å². The molecule has 1 aliphatic rings. The maximum Gasteiger partial charge on any atom is 0.349 e. The minimum Gasteiger partial charge on any atom is -0.478 e. The fourth-order valence-corrected chi connectivity index (χ4v) is 3.69. The van der Waals surface area contributed by atoms with Gasteiger partial charge in [-0.15, -0.1) is 16.8 Å². The second kappa shape index (κ2) is 9.19. The highest BCUT2D eigenvalue weighted by Gasteiger charge is 2.45. The molecule has 1 aliphatic heterocycles. The molecule has 1 atom stereocenters. The number of carboxylic acid groups (broad SMARTS) is 1. The number of amides is 2. The number of thioether (sulfide) groups is 1. The molecule has 7 heteroatoms. The summed E-state index contributed by atoms with van der Waals surface area (Å²) in [5.74, 6) is -1.89. The molecule has 0 bridgehead atoms. The normalized spacial score (nSPS) is 15.8. The van der Waals surface area contributed by atoms with Crippen LogP contribution < -0.4 is 0 Å². The van der Waals surface area contributed by atoms with E-state index in [-0.39, 0.29) is 11.1 Å². The Morgan fingerprint density at radius 2 is 1.62 bits per heavy atom. The Hall–Kier alpha value is -1.86. The number of rotatable bonds is 11. The van der Waals surface area contributed by atoms with Crippen LogP contribution in [-0.4, -0.2) is 38.6 Å². The molecule has 0 saturated heterocycles. The first kappa shape index (κ1) is 20.5. The number of imide groups is 1. The molecule has 0 fully saturated rings. The Labute approximate surface area is 157 Å². The van der Waals surface area contributed by atoms with Crippen LogP contribution in [0.3, 0.4) is 0 Å². The Morgan fingerprint density at radius 3 is 2.15 bits per heavy atom. The molecule has 0 radical (unpaired) electrons. The van der Waals surface area contributed by atoms with Crippen LogP contribution in [0.25, 0.3) is 0 Å². The van der Waals surface area contributed by atoms with Crippen molar-refractivity contribution in [2.45, 2.75) is 57.3 Å². The molecule has 0 aliphatic carbocycles. The first-order valence-corrected chi connectivity index (χ1v) is 9.93. The summed E-state index contributed by atoms with van der Waals surface area (Å²) < 4.78 is 0. The lowest BCUT2D eigenvalue weighted by Gasteiger charge is -2.27. The summed E-state index contributed by atoms with van der Waals surface area (Å²) in [6.45, 7) is 3.53. The summed E-state index contributed by atoms with van der Waals surface area (Å²) in [5.41, 5.74) is 0.456. The molecule has 1 unspecified atom stereocenters. The number of carboxylic acids is 1. The Balaban J connectivity index is 1.94. The van der Waals surface area contributed by atoms with Gasteiger partial charge in [-0.25, -0.2) is 9.63 Å². The zero-order valence-corrected chi connectivity index (χ0v) is 16.0. The van der Waals surface area contributed by atoms with Gasteiger partial charge in [0.1, 0.15) is 0 Å². The van der Waals surface area contributed by atoms with E-state index in [0.717, 1.165) is 31.0 Å². The van der Waals surface area contributed by atoms with E-state index in [4.69, 9.17) is 4.84 Å². The van der Waals surface area contributed by atoms with Crippen molar-refractivity contribution in [3.05, 3.63) is 35.4 Å². The van der Waals surface area contributed by atoms with Crippen LogP contribution in [0.4, 0.5) is 0 Å². The number of nitrogens with zero attached hydrogens (tertiary/aromatic N) is 1. The molecule has 1 aromatic carbocycles. The summed E-state index contributed by atoms with van der Waals surface area (Å²) in [5, 5.41) is 10.1. The molecule has 142 valence electrons. The summed E-state index contributed by atoms with van der Waals surface area (Å²) in [6, 6.07) is 6.36. The van der Waals surface area contributed by atoms with Crippen molar-refractivity contribution in [3.8, 4) is 0 Å². The molecular formula is C19H25NO5S. The van der Waals surface area contributed by atoms with Crippen LogP contribution in [0.5, 0.6) is 0 Å². The minimum absolute atomic E-state index is 0.228. The van der Waals surface area contributed by atoms with Gasteiger partial charge in [0.2, 0.25) is 4.93 Å². The first-order valence-electron chi connectivity index (χ1n) is 8.95. The second-order valence-corrected chi connectivity index (χ2v) is 7.88. The lowest BCUT2D eigenvalue weighted by Crippen LogP contribution is -2.44. The molecule has 1 N–H and O–H groups in total. The van der Waals surface area contributed by atoms with Crippen molar-refractivity contribution in [1.29, 1.82) is 0 Å². The van der Waals surface area contributed by atoms with E-state index < -0.39 is 22.7 Å². The largest absolute Gasteiger partial charge is 0.478 e. The Kier molecular flexibility index (Phi) is 7.23. The van der Waals surface area contributed by atoms with Gasteiger partial charge in [0, 0.05) is 0 Å². The van der Waals surface area contributed by atoms with E-state index in [1.807, 2.05) is 0 Å². The van der Waals surface area contributed by atoms with E-state index in [2.05, 4.69) is 6.92 Å². The number of unbranched alkanes of at least 4 members (excludes halogenated alkanes) is 5. The highest BCUT2D eigenvalue weighted by Crippen LogP contribution is 2.33. The van der Waals surface area contributed by atoms with Crippen molar-refractivity contribution in [2.75, 3.05) is 5.75 Å². The number of carbonyl (C=O) groups excluding carboxylic acids is 2. The van der Waals surface area contributed by atoms with Crippen LogP contribution in [0.2, 0.25) is 0 Å². The topological polar surface area (TPSA) is 83.9 Å². The fraction of sp³-hybridized carbons (Fsp3) is 0.526. The first-order chi connectivity index (χ1) is 12.4. The quantitative estimate of drug-likeness (QED) is 0.354. The molecule has 1 heterocycles.